The molecule has 0 saturated carbocycles. The maximum atomic E-state index is 10.6. The zero-order valence-electron chi connectivity index (χ0n) is 9.44. The van der Waals surface area contributed by atoms with E-state index in [1.54, 1.807) is 6.92 Å². The molecule has 1 N–H and O–H groups in total. The number of rotatable bonds is 7. The molecule has 0 fully saturated rings. The van der Waals surface area contributed by atoms with Crippen LogP contribution in [0.5, 0.6) is 0 Å². The van der Waals surface area contributed by atoms with Gasteiger partial charge in [-0.1, -0.05) is 20.8 Å². The molecule has 0 aromatic heterocycles. The van der Waals surface area contributed by atoms with Crippen LogP contribution in [0.25, 0.3) is 0 Å². The SMILES string of the molecule is CCC(C)(C)CNCCCC(C)=O. The molecule has 0 unspecified atom stereocenters. The van der Waals surface area contributed by atoms with Crippen LogP contribution in [0.15, 0.2) is 0 Å². The van der Waals surface area contributed by atoms with Crippen LogP contribution in [0.2, 0.25) is 0 Å². The third-order valence-corrected chi connectivity index (χ3v) is 2.44. The van der Waals surface area contributed by atoms with Crippen molar-refractivity contribution in [1.29, 1.82) is 0 Å². The highest BCUT2D eigenvalue weighted by molar-refractivity contribution is 5.75. The van der Waals surface area contributed by atoms with Crippen molar-refractivity contribution >= 4 is 5.78 Å². The quantitative estimate of drug-likeness (QED) is 0.617. The molecule has 0 radical (unpaired) electrons. The lowest BCUT2D eigenvalue weighted by Crippen LogP contribution is -2.29. The van der Waals surface area contributed by atoms with Gasteiger partial charge >= 0.3 is 0 Å². The van der Waals surface area contributed by atoms with E-state index < -0.39 is 0 Å². The van der Waals surface area contributed by atoms with Crippen LogP contribution in [0.3, 0.4) is 0 Å². The smallest absolute Gasteiger partial charge is 0.129 e. The second kappa shape index (κ2) is 6.14. The molecule has 0 spiro atoms. The van der Waals surface area contributed by atoms with Gasteiger partial charge in [-0.15, -0.1) is 0 Å². The normalized spacial score (nSPS) is 11.7. The van der Waals surface area contributed by atoms with Crippen molar-refractivity contribution in [2.45, 2.75) is 47.0 Å². The lowest BCUT2D eigenvalue weighted by molar-refractivity contribution is -0.117. The average molecular weight is 185 g/mol. The van der Waals surface area contributed by atoms with Crippen LogP contribution in [0.4, 0.5) is 0 Å². The van der Waals surface area contributed by atoms with E-state index in [1.807, 2.05) is 0 Å². The Balaban J connectivity index is 3.30. The first-order valence-corrected chi connectivity index (χ1v) is 5.18. The molecule has 0 bridgehead atoms. The van der Waals surface area contributed by atoms with Crippen molar-refractivity contribution in [3.63, 3.8) is 0 Å². The molecule has 2 heteroatoms. The first-order chi connectivity index (χ1) is 5.98. The maximum absolute atomic E-state index is 10.6. The molecule has 0 heterocycles. The monoisotopic (exact) mass is 185 g/mol. The van der Waals surface area contributed by atoms with Gasteiger partial charge in [0.1, 0.15) is 5.78 Å². The molecule has 0 aliphatic carbocycles. The number of carbonyl (C=O) groups is 1. The summed E-state index contributed by atoms with van der Waals surface area (Å²) in [7, 11) is 0. The summed E-state index contributed by atoms with van der Waals surface area (Å²) < 4.78 is 0. The van der Waals surface area contributed by atoms with Gasteiger partial charge in [-0.05, 0) is 31.7 Å². The van der Waals surface area contributed by atoms with Gasteiger partial charge in [0.15, 0.2) is 0 Å². The molecule has 0 amide bonds. The minimum absolute atomic E-state index is 0.288. The van der Waals surface area contributed by atoms with Gasteiger partial charge in [0, 0.05) is 13.0 Å². The lowest BCUT2D eigenvalue weighted by Gasteiger charge is -2.22. The number of hydrogen-bond acceptors (Lipinski definition) is 2. The highest BCUT2D eigenvalue weighted by atomic mass is 16.1. The van der Waals surface area contributed by atoms with Gasteiger partial charge in [0.05, 0.1) is 0 Å². The predicted molar refractivity (Wildman–Crippen MR) is 56.9 cm³/mol. The van der Waals surface area contributed by atoms with Crippen LogP contribution < -0.4 is 5.32 Å². The molecular weight excluding hydrogens is 162 g/mol. The van der Waals surface area contributed by atoms with E-state index in [4.69, 9.17) is 0 Å². The molecule has 0 rings (SSSR count). The Morgan fingerprint density at radius 2 is 2.00 bits per heavy atom. The van der Waals surface area contributed by atoms with E-state index in [1.165, 1.54) is 6.42 Å². The average Bonchev–Trinajstić information content (AvgIpc) is 2.03. The lowest BCUT2D eigenvalue weighted by atomic mass is 9.90. The summed E-state index contributed by atoms with van der Waals surface area (Å²) in [4.78, 5) is 10.6. The first kappa shape index (κ1) is 12.6. The third-order valence-electron chi connectivity index (χ3n) is 2.44. The van der Waals surface area contributed by atoms with Crippen LogP contribution in [0.1, 0.15) is 47.0 Å². The maximum Gasteiger partial charge on any atom is 0.129 e. The van der Waals surface area contributed by atoms with Gasteiger partial charge in [0.25, 0.3) is 0 Å². The second-order valence-corrected chi connectivity index (χ2v) is 4.50. The van der Waals surface area contributed by atoms with Crippen molar-refractivity contribution in [3.8, 4) is 0 Å². The molecule has 2 nitrogen and oxygen atoms in total. The van der Waals surface area contributed by atoms with Crippen LogP contribution in [-0.2, 0) is 4.79 Å². The molecule has 0 atom stereocenters. The van der Waals surface area contributed by atoms with Crippen LogP contribution >= 0.6 is 0 Å². The molecule has 0 aliphatic heterocycles. The van der Waals surface area contributed by atoms with Gasteiger partial charge < -0.3 is 10.1 Å². The van der Waals surface area contributed by atoms with Crippen molar-refractivity contribution in [1.82, 2.24) is 5.32 Å². The van der Waals surface area contributed by atoms with E-state index in [0.29, 0.717) is 11.8 Å². The number of carbonyl (C=O) groups excluding carboxylic acids is 1. The predicted octanol–water partition coefficient (Wildman–Crippen LogP) is 2.38. The molecule has 0 aliphatic rings. The van der Waals surface area contributed by atoms with E-state index in [0.717, 1.165) is 19.5 Å². The van der Waals surface area contributed by atoms with Crippen LogP contribution in [-0.4, -0.2) is 18.9 Å². The topological polar surface area (TPSA) is 29.1 Å². The van der Waals surface area contributed by atoms with Crippen molar-refractivity contribution in [2.24, 2.45) is 5.41 Å². The number of ketones is 1. The number of hydrogen-bond donors (Lipinski definition) is 1. The zero-order valence-corrected chi connectivity index (χ0v) is 9.44. The van der Waals surface area contributed by atoms with E-state index in [2.05, 4.69) is 26.1 Å². The van der Waals surface area contributed by atoms with Gasteiger partial charge in [0.2, 0.25) is 0 Å². The summed E-state index contributed by atoms with van der Waals surface area (Å²) >= 11 is 0. The fourth-order valence-corrected chi connectivity index (χ4v) is 1.01. The number of nitrogens with one attached hydrogen (secondary N) is 1. The van der Waals surface area contributed by atoms with E-state index in [9.17, 15) is 4.79 Å². The minimum atomic E-state index is 0.288. The Kier molecular flexibility index (Phi) is 5.97. The number of Topliss-reactive ketones (excluding diaryl/α,β-unsaturated/α-hetero) is 1. The Hall–Kier alpha value is -0.370. The Morgan fingerprint density at radius 3 is 2.46 bits per heavy atom. The van der Waals surface area contributed by atoms with Gasteiger partial charge in [-0.3, -0.25) is 0 Å². The molecule has 0 saturated heterocycles. The summed E-state index contributed by atoms with van der Waals surface area (Å²) in [6.45, 7) is 10.4. The zero-order chi connectivity index (χ0) is 10.3. The van der Waals surface area contributed by atoms with Crippen molar-refractivity contribution in [3.05, 3.63) is 0 Å². The second-order valence-electron chi connectivity index (χ2n) is 4.50. The van der Waals surface area contributed by atoms with Crippen molar-refractivity contribution in [2.75, 3.05) is 13.1 Å². The van der Waals surface area contributed by atoms with E-state index >= 15 is 0 Å². The Bertz CT molecular complexity index is 152. The summed E-state index contributed by atoms with van der Waals surface area (Å²) in [5, 5.41) is 3.38. The van der Waals surface area contributed by atoms with Crippen molar-refractivity contribution < 1.29 is 4.79 Å². The molecule has 13 heavy (non-hydrogen) atoms. The minimum Gasteiger partial charge on any atom is -0.316 e. The third kappa shape index (κ3) is 7.97. The summed E-state index contributed by atoms with van der Waals surface area (Å²) in [5.41, 5.74) is 0.385. The largest absolute Gasteiger partial charge is 0.316 e. The Labute approximate surface area is 82.1 Å². The molecule has 0 aromatic rings. The summed E-state index contributed by atoms with van der Waals surface area (Å²) in [6.07, 6.45) is 2.86. The standard InChI is InChI=1S/C11H23NO/c1-5-11(3,4)9-12-8-6-7-10(2)13/h12H,5-9H2,1-4H3. The fourth-order valence-electron chi connectivity index (χ4n) is 1.01. The highest BCUT2D eigenvalue weighted by Crippen LogP contribution is 2.17. The van der Waals surface area contributed by atoms with Crippen LogP contribution in [0, 0.1) is 5.41 Å². The Morgan fingerprint density at radius 1 is 1.38 bits per heavy atom. The first-order valence-electron chi connectivity index (χ1n) is 5.18. The molecule has 0 aromatic carbocycles. The fraction of sp³-hybridized carbons (Fsp3) is 0.909. The summed E-state index contributed by atoms with van der Waals surface area (Å²) in [5.74, 6) is 0.288. The van der Waals surface area contributed by atoms with Gasteiger partial charge in [-0.2, -0.15) is 0 Å². The molecular formula is C11H23NO. The highest BCUT2D eigenvalue weighted by Gasteiger charge is 2.13. The molecule has 78 valence electrons. The summed E-state index contributed by atoms with van der Waals surface area (Å²) in [6, 6.07) is 0. The van der Waals surface area contributed by atoms with Gasteiger partial charge in [-0.25, -0.2) is 0 Å². The van der Waals surface area contributed by atoms with E-state index in [-0.39, 0.29) is 5.78 Å².